The summed E-state index contributed by atoms with van der Waals surface area (Å²) < 4.78 is 5.87. The summed E-state index contributed by atoms with van der Waals surface area (Å²) in [5.41, 5.74) is 1.18. The van der Waals surface area contributed by atoms with Crippen molar-refractivity contribution in [3.63, 3.8) is 0 Å². The molecule has 3 atom stereocenters. The van der Waals surface area contributed by atoms with E-state index >= 15 is 0 Å². The number of aromatic amines is 1. The molecule has 2 aliphatic heterocycles. The minimum Gasteiger partial charge on any atom is -0.374 e. The molecule has 17 heavy (non-hydrogen) atoms. The van der Waals surface area contributed by atoms with Gasteiger partial charge in [0.05, 0.1) is 12.2 Å². The summed E-state index contributed by atoms with van der Waals surface area (Å²) in [6.07, 6.45) is 6.45. The zero-order chi connectivity index (χ0) is 11.8. The Balaban J connectivity index is 1.64. The third-order valence-electron chi connectivity index (χ3n) is 3.81. The van der Waals surface area contributed by atoms with E-state index in [-0.39, 0.29) is 0 Å². The van der Waals surface area contributed by atoms with Crippen molar-refractivity contribution < 1.29 is 4.74 Å². The number of hydrogen-bond donors (Lipinski definition) is 2. The molecule has 2 N–H and O–H groups in total. The third-order valence-corrected chi connectivity index (χ3v) is 3.81. The predicted molar refractivity (Wildman–Crippen MR) is 65.8 cm³/mol. The highest BCUT2D eigenvalue weighted by Gasteiger charge is 2.42. The molecule has 1 aromatic heterocycles. The van der Waals surface area contributed by atoms with Gasteiger partial charge in [-0.3, -0.25) is 0 Å². The lowest BCUT2D eigenvalue weighted by Crippen LogP contribution is -2.22. The quantitative estimate of drug-likeness (QED) is 0.838. The van der Waals surface area contributed by atoms with Crippen molar-refractivity contribution in [1.82, 2.24) is 15.3 Å². The molecule has 94 valence electrons. The Bertz CT molecular complexity index is 388. The lowest BCUT2D eigenvalue weighted by Gasteiger charge is -2.15. The van der Waals surface area contributed by atoms with Gasteiger partial charge >= 0.3 is 0 Å². The summed E-state index contributed by atoms with van der Waals surface area (Å²) in [6.45, 7) is 5.18. The second-order valence-electron chi connectivity index (χ2n) is 5.55. The second kappa shape index (κ2) is 4.42. The van der Waals surface area contributed by atoms with Gasteiger partial charge in [0.15, 0.2) is 0 Å². The molecule has 4 nitrogen and oxygen atoms in total. The van der Waals surface area contributed by atoms with E-state index in [1.54, 1.807) is 0 Å². The van der Waals surface area contributed by atoms with Gasteiger partial charge in [0.1, 0.15) is 5.82 Å². The Morgan fingerprint density at radius 2 is 2.41 bits per heavy atom. The second-order valence-corrected chi connectivity index (χ2v) is 5.55. The van der Waals surface area contributed by atoms with E-state index in [1.165, 1.54) is 18.5 Å². The fraction of sp³-hybridized carbons (Fsp3) is 0.769. The molecule has 0 amide bonds. The smallest absolute Gasteiger partial charge is 0.112 e. The van der Waals surface area contributed by atoms with E-state index in [9.17, 15) is 0 Å². The molecule has 0 aromatic carbocycles. The van der Waals surface area contributed by atoms with Gasteiger partial charge < -0.3 is 15.0 Å². The molecule has 1 aromatic rings. The van der Waals surface area contributed by atoms with Crippen molar-refractivity contribution in [2.45, 2.75) is 63.8 Å². The van der Waals surface area contributed by atoms with Crippen molar-refractivity contribution >= 4 is 0 Å². The average molecular weight is 235 g/mol. The Hall–Kier alpha value is -0.870. The molecule has 3 heterocycles. The molecule has 4 heteroatoms. The van der Waals surface area contributed by atoms with E-state index in [0.29, 0.717) is 24.2 Å². The van der Waals surface area contributed by atoms with E-state index in [1.807, 2.05) is 6.20 Å². The SMILES string of the molecule is CC(C)NCc1cnc(C2CC3CCC2O3)[nH]1. The van der Waals surface area contributed by atoms with Crippen LogP contribution in [0.2, 0.25) is 0 Å². The molecule has 2 saturated heterocycles. The van der Waals surface area contributed by atoms with Crippen LogP contribution >= 0.6 is 0 Å². The summed E-state index contributed by atoms with van der Waals surface area (Å²) in [7, 11) is 0. The number of imidazole rings is 1. The number of ether oxygens (including phenoxy) is 1. The van der Waals surface area contributed by atoms with Crippen LogP contribution in [0.4, 0.5) is 0 Å². The lowest BCUT2D eigenvalue weighted by molar-refractivity contribution is 0.0999. The van der Waals surface area contributed by atoms with Crippen LogP contribution in [0.25, 0.3) is 0 Å². The summed E-state index contributed by atoms with van der Waals surface area (Å²) in [5, 5.41) is 3.40. The zero-order valence-corrected chi connectivity index (χ0v) is 10.6. The summed E-state index contributed by atoms with van der Waals surface area (Å²) in [4.78, 5) is 7.96. The van der Waals surface area contributed by atoms with Crippen LogP contribution < -0.4 is 5.32 Å². The number of nitrogens with zero attached hydrogens (tertiary/aromatic N) is 1. The summed E-state index contributed by atoms with van der Waals surface area (Å²) >= 11 is 0. The minimum atomic E-state index is 0.414. The highest BCUT2D eigenvalue weighted by atomic mass is 16.5. The van der Waals surface area contributed by atoms with Crippen LogP contribution in [0, 0.1) is 0 Å². The summed E-state index contributed by atoms with van der Waals surface area (Å²) in [5.74, 6) is 1.62. The highest BCUT2D eigenvalue weighted by Crippen LogP contribution is 2.43. The standard InChI is InChI=1S/C13H21N3O/c1-8(2)14-6-9-7-15-13(16-9)11-5-10-3-4-12(11)17-10/h7-8,10-12,14H,3-6H2,1-2H3,(H,15,16). The number of fused-ring (bicyclic) bond motifs is 2. The maximum atomic E-state index is 5.87. The van der Waals surface area contributed by atoms with Crippen LogP contribution in [0.5, 0.6) is 0 Å². The van der Waals surface area contributed by atoms with Crippen LogP contribution in [-0.2, 0) is 11.3 Å². The first kappa shape index (κ1) is 11.2. The van der Waals surface area contributed by atoms with E-state index < -0.39 is 0 Å². The molecule has 3 unspecified atom stereocenters. The zero-order valence-electron chi connectivity index (χ0n) is 10.6. The molecule has 0 radical (unpaired) electrons. The monoisotopic (exact) mass is 235 g/mol. The predicted octanol–water partition coefficient (Wildman–Crippen LogP) is 1.94. The van der Waals surface area contributed by atoms with Gasteiger partial charge in [-0.1, -0.05) is 13.8 Å². The van der Waals surface area contributed by atoms with Gasteiger partial charge in [0.2, 0.25) is 0 Å². The molecular weight excluding hydrogens is 214 g/mol. The van der Waals surface area contributed by atoms with Crippen LogP contribution in [0.1, 0.15) is 50.5 Å². The van der Waals surface area contributed by atoms with Gasteiger partial charge in [0.25, 0.3) is 0 Å². The van der Waals surface area contributed by atoms with Crippen molar-refractivity contribution in [1.29, 1.82) is 0 Å². The van der Waals surface area contributed by atoms with Gasteiger partial charge in [-0.15, -0.1) is 0 Å². The first-order chi connectivity index (χ1) is 8.22. The first-order valence-electron chi connectivity index (χ1n) is 6.65. The van der Waals surface area contributed by atoms with Crippen LogP contribution in [0.15, 0.2) is 6.20 Å². The normalized spacial score (nSPS) is 31.6. The Morgan fingerprint density at radius 1 is 1.53 bits per heavy atom. The highest BCUT2D eigenvalue weighted by molar-refractivity contribution is 5.11. The number of rotatable bonds is 4. The van der Waals surface area contributed by atoms with Crippen LogP contribution in [0.3, 0.4) is 0 Å². The first-order valence-corrected chi connectivity index (χ1v) is 6.65. The fourth-order valence-corrected chi connectivity index (χ4v) is 2.89. The van der Waals surface area contributed by atoms with Crippen molar-refractivity contribution in [3.05, 3.63) is 17.7 Å². The molecule has 0 saturated carbocycles. The number of nitrogens with one attached hydrogen (secondary N) is 2. The Morgan fingerprint density at radius 3 is 3.06 bits per heavy atom. The van der Waals surface area contributed by atoms with Crippen LogP contribution in [-0.4, -0.2) is 28.2 Å². The van der Waals surface area contributed by atoms with E-state index in [4.69, 9.17) is 4.74 Å². The van der Waals surface area contributed by atoms with Gasteiger partial charge in [-0.05, 0) is 19.3 Å². The van der Waals surface area contributed by atoms with Crippen molar-refractivity contribution in [2.24, 2.45) is 0 Å². The molecular formula is C13H21N3O. The van der Waals surface area contributed by atoms with Gasteiger partial charge in [-0.2, -0.15) is 0 Å². The number of aromatic nitrogens is 2. The van der Waals surface area contributed by atoms with E-state index in [2.05, 4.69) is 29.1 Å². The number of hydrogen-bond acceptors (Lipinski definition) is 3. The lowest BCUT2D eigenvalue weighted by atomic mass is 9.89. The maximum Gasteiger partial charge on any atom is 0.112 e. The molecule has 2 bridgehead atoms. The van der Waals surface area contributed by atoms with Gasteiger partial charge in [-0.25, -0.2) is 4.98 Å². The van der Waals surface area contributed by atoms with Crippen molar-refractivity contribution in [3.8, 4) is 0 Å². The topological polar surface area (TPSA) is 49.9 Å². The minimum absolute atomic E-state index is 0.414. The summed E-state index contributed by atoms with van der Waals surface area (Å²) in [6, 6.07) is 0.507. The average Bonchev–Trinajstić information content (AvgIpc) is 3.01. The molecule has 0 aliphatic carbocycles. The number of H-pyrrole nitrogens is 1. The molecule has 2 aliphatic rings. The molecule has 0 spiro atoms. The Labute approximate surface area is 102 Å². The van der Waals surface area contributed by atoms with Crippen molar-refractivity contribution in [2.75, 3.05) is 0 Å². The fourth-order valence-electron chi connectivity index (χ4n) is 2.89. The van der Waals surface area contributed by atoms with E-state index in [0.717, 1.165) is 18.8 Å². The third kappa shape index (κ3) is 2.24. The largest absolute Gasteiger partial charge is 0.374 e. The maximum absolute atomic E-state index is 5.87. The molecule has 3 rings (SSSR count). The van der Waals surface area contributed by atoms with Gasteiger partial charge in [0, 0.05) is 30.4 Å². The molecule has 2 fully saturated rings. The Kier molecular flexibility index (Phi) is 2.92.